The molecule has 0 radical (unpaired) electrons. The fraction of sp³-hybridized carbons (Fsp3) is 0.545. The van der Waals surface area contributed by atoms with Gasteiger partial charge in [-0.2, -0.15) is 0 Å². The van der Waals surface area contributed by atoms with E-state index in [0.717, 1.165) is 49.7 Å². The van der Waals surface area contributed by atoms with E-state index in [2.05, 4.69) is 24.4 Å². The van der Waals surface area contributed by atoms with Crippen LogP contribution in [0, 0.1) is 6.92 Å². The van der Waals surface area contributed by atoms with Gasteiger partial charge in [-0.05, 0) is 52.0 Å². The Morgan fingerprint density at radius 1 is 1.14 bits per heavy atom. The molecule has 1 fully saturated rings. The maximum Gasteiger partial charge on any atom is 0.275 e. The number of methoxy groups -OCH3 is 1. The van der Waals surface area contributed by atoms with Crippen molar-refractivity contribution < 1.29 is 19.3 Å². The van der Waals surface area contributed by atoms with Crippen molar-refractivity contribution in [2.75, 3.05) is 39.8 Å². The molecule has 0 spiro atoms. The summed E-state index contributed by atoms with van der Waals surface area (Å²) in [6, 6.07) is 8.11. The van der Waals surface area contributed by atoms with Gasteiger partial charge in [0.1, 0.15) is 43.5 Å². The molecule has 0 bridgehead atoms. The number of ether oxygens (including phenoxy) is 1. The number of hydrogen-bond donors (Lipinski definition) is 3. The topological polar surface area (TPSA) is 60.1 Å². The first-order valence-corrected chi connectivity index (χ1v) is 11.1. The van der Waals surface area contributed by atoms with Gasteiger partial charge >= 0.3 is 0 Å². The molecule has 0 atom stereocenters. The normalized spacial score (nSPS) is 19.8. The van der Waals surface area contributed by atoms with E-state index in [1.165, 1.54) is 14.8 Å². The van der Waals surface area contributed by atoms with Crippen molar-refractivity contribution in [3.05, 3.63) is 34.2 Å². The second-order valence-electron chi connectivity index (χ2n) is 8.89. The maximum absolute atomic E-state index is 12.2. The molecule has 2 aromatic rings. The number of amides is 1. The van der Waals surface area contributed by atoms with Gasteiger partial charge in [0, 0.05) is 16.0 Å². The highest BCUT2D eigenvalue weighted by Crippen LogP contribution is 2.28. The van der Waals surface area contributed by atoms with Crippen LogP contribution in [0.3, 0.4) is 0 Å². The molecule has 29 heavy (non-hydrogen) atoms. The summed E-state index contributed by atoms with van der Waals surface area (Å²) in [7, 11) is 1.68. The Kier molecular flexibility index (Phi) is 6.93. The van der Waals surface area contributed by atoms with Crippen LogP contribution >= 0.6 is 11.3 Å². The van der Waals surface area contributed by atoms with Crippen LogP contribution in [0.4, 0.5) is 0 Å². The van der Waals surface area contributed by atoms with E-state index in [1.54, 1.807) is 23.3 Å². The number of piperazine rings is 1. The van der Waals surface area contributed by atoms with Gasteiger partial charge in [0.15, 0.2) is 6.54 Å². The van der Waals surface area contributed by atoms with Gasteiger partial charge in [-0.25, -0.2) is 4.98 Å². The Balaban J connectivity index is 1.52. The molecular formula is C22H34N4O2S+2. The molecule has 1 aliphatic heterocycles. The molecular weight excluding hydrogens is 384 g/mol. The minimum Gasteiger partial charge on any atom is -0.497 e. The average Bonchev–Trinajstić information content (AvgIpc) is 3.02. The molecule has 1 saturated heterocycles. The second kappa shape index (κ2) is 9.24. The number of carbonyl (C=O) groups is 1. The van der Waals surface area contributed by atoms with Crippen molar-refractivity contribution in [3.8, 4) is 17.0 Å². The Morgan fingerprint density at radius 3 is 2.34 bits per heavy atom. The maximum atomic E-state index is 12.2. The number of aromatic nitrogens is 1. The van der Waals surface area contributed by atoms with Gasteiger partial charge in [-0.1, -0.05) is 0 Å². The first-order chi connectivity index (χ1) is 13.7. The number of rotatable bonds is 6. The highest BCUT2D eigenvalue weighted by Gasteiger charge is 2.27. The number of quaternary nitrogens is 2. The minimum atomic E-state index is -0.159. The van der Waals surface area contributed by atoms with Crippen LogP contribution in [0.15, 0.2) is 24.3 Å². The average molecular weight is 419 g/mol. The van der Waals surface area contributed by atoms with Gasteiger partial charge in [-0.15, -0.1) is 11.3 Å². The molecule has 0 saturated carbocycles. The van der Waals surface area contributed by atoms with Crippen molar-refractivity contribution in [2.45, 2.75) is 39.8 Å². The first-order valence-electron chi connectivity index (χ1n) is 10.3. The highest BCUT2D eigenvalue weighted by molar-refractivity contribution is 7.12. The fourth-order valence-corrected chi connectivity index (χ4v) is 4.78. The Morgan fingerprint density at radius 2 is 1.76 bits per heavy atom. The smallest absolute Gasteiger partial charge is 0.275 e. The molecule has 158 valence electrons. The lowest BCUT2D eigenvalue weighted by Gasteiger charge is -2.29. The summed E-state index contributed by atoms with van der Waals surface area (Å²) >= 11 is 1.80. The fourth-order valence-electron chi connectivity index (χ4n) is 3.76. The molecule has 1 aromatic heterocycles. The molecule has 1 aromatic carbocycles. The summed E-state index contributed by atoms with van der Waals surface area (Å²) in [6.07, 6.45) is 0. The minimum absolute atomic E-state index is 0.149. The summed E-state index contributed by atoms with van der Waals surface area (Å²) in [5.41, 5.74) is 2.06. The summed E-state index contributed by atoms with van der Waals surface area (Å²) in [5.74, 6) is 1.01. The SMILES string of the molecule is COc1ccc(-c2nc(C[NH+]3CC[NH+](CC(=O)NC(C)(C)C)CC3)sc2C)cc1. The molecule has 1 amide bonds. The van der Waals surface area contributed by atoms with E-state index >= 15 is 0 Å². The van der Waals surface area contributed by atoms with E-state index in [9.17, 15) is 4.79 Å². The molecule has 0 aliphatic carbocycles. The molecule has 0 unspecified atom stereocenters. The van der Waals surface area contributed by atoms with Crippen LogP contribution in [-0.4, -0.2) is 56.3 Å². The Hall–Kier alpha value is -1.96. The number of nitrogens with one attached hydrogen (secondary N) is 3. The van der Waals surface area contributed by atoms with Crippen LogP contribution in [-0.2, 0) is 11.3 Å². The van der Waals surface area contributed by atoms with Gasteiger partial charge in [0.2, 0.25) is 0 Å². The lowest BCUT2D eigenvalue weighted by atomic mass is 10.1. The summed E-state index contributed by atoms with van der Waals surface area (Å²) in [5, 5.41) is 4.26. The van der Waals surface area contributed by atoms with E-state index in [4.69, 9.17) is 9.72 Å². The highest BCUT2D eigenvalue weighted by atomic mass is 32.1. The van der Waals surface area contributed by atoms with Crippen molar-refractivity contribution in [1.29, 1.82) is 0 Å². The number of hydrogen-bond acceptors (Lipinski definition) is 4. The lowest BCUT2D eigenvalue weighted by Crippen LogP contribution is -3.28. The van der Waals surface area contributed by atoms with Crippen LogP contribution in [0.2, 0.25) is 0 Å². The third-order valence-corrected chi connectivity index (χ3v) is 6.17. The van der Waals surface area contributed by atoms with Crippen LogP contribution in [0.25, 0.3) is 11.3 Å². The number of carbonyl (C=O) groups excluding carboxylic acids is 1. The quantitative estimate of drug-likeness (QED) is 0.634. The van der Waals surface area contributed by atoms with Crippen molar-refractivity contribution in [1.82, 2.24) is 10.3 Å². The zero-order valence-corrected chi connectivity index (χ0v) is 19.0. The van der Waals surface area contributed by atoms with Crippen LogP contribution in [0.1, 0.15) is 30.7 Å². The van der Waals surface area contributed by atoms with Gasteiger partial charge in [-0.3, -0.25) is 4.79 Å². The monoisotopic (exact) mass is 418 g/mol. The van der Waals surface area contributed by atoms with Gasteiger partial charge in [0.05, 0.1) is 12.8 Å². The predicted octanol–water partition coefficient (Wildman–Crippen LogP) is 0.325. The Bertz CT molecular complexity index is 818. The standard InChI is InChI=1S/C22H32N4O2S/c1-16-21(17-6-8-18(28-5)9-7-17)23-20(29-16)15-26-12-10-25(11-13-26)14-19(27)24-22(2,3)4/h6-9H,10-15H2,1-5H3,(H,24,27)/p+2. The van der Waals surface area contributed by atoms with Gasteiger partial charge in [0.25, 0.3) is 5.91 Å². The Labute approximate surface area is 177 Å². The molecule has 2 heterocycles. The third kappa shape index (κ3) is 6.26. The number of benzene rings is 1. The largest absolute Gasteiger partial charge is 0.497 e. The molecule has 1 aliphatic rings. The zero-order chi connectivity index (χ0) is 21.0. The number of thiazole rings is 1. The van der Waals surface area contributed by atoms with Crippen molar-refractivity contribution >= 4 is 17.2 Å². The first kappa shape index (κ1) is 21.7. The molecule has 3 N–H and O–H groups in total. The lowest BCUT2D eigenvalue weighted by molar-refractivity contribution is -1.02. The summed E-state index contributed by atoms with van der Waals surface area (Å²) in [4.78, 5) is 21.3. The van der Waals surface area contributed by atoms with E-state index < -0.39 is 0 Å². The number of nitrogens with zero attached hydrogens (tertiary/aromatic N) is 1. The van der Waals surface area contributed by atoms with E-state index in [-0.39, 0.29) is 11.4 Å². The molecule has 6 nitrogen and oxygen atoms in total. The number of aryl methyl sites for hydroxylation is 1. The van der Waals surface area contributed by atoms with Crippen LogP contribution < -0.4 is 19.9 Å². The van der Waals surface area contributed by atoms with E-state index in [0.29, 0.717) is 6.54 Å². The van der Waals surface area contributed by atoms with E-state index in [1.807, 2.05) is 32.9 Å². The second-order valence-corrected chi connectivity index (χ2v) is 10.2. The van der Waals surface area contributed by atoms with Gasteiger partial charge < -0.3 is 19.9 Å². The molecule has 7 heteroatoms. The molecule has 3 rings (SSSR count). The van der Waals surface area contributed by atoms with Crippen LogP contribution in [0.5, 0.6) is 5.75 Å². The predicted molar refractivity (Wildman–Crippen MR) is 117 cm³/mol. The summed E-state index contributed by atoms with van der Waals surface area (Å²) in [6.45, 7) is 14.0. The third-order valence-electron chi connectivity index (χ3n) is 5.19. The van der Waals surface area contributed by atoms with Crippen molar-refractivity contribution in [2.24, 2.45) is 0 Å². The van der Waals surface area contributed by atoms with Crippen molar-refractivity contribution in [3.63, 3.8) is 0 Å². The summed E-state index contributed by atoms with van der Waals surface area (Å²) < 4.78 is 5.25. The zero-order valence-electron chi connectivity index (χ0n) is 18.2.